The third-order valence-electron chi connectivity index (χ3n) is 2.60. The van der Waals surface area contributed by atoms with Crippen molar-refractivity contribution in [2.45, 2.75) is 20.8 Å². The fourth-order valence-corrected chi connectivity index (χ4v) is 1.50. The van der Waals surface area contributed by atoms with Crippen molar-refractivity contribution in [3.63, 3.8) is 0 Å². The minimum atomic E-state index is -0.268. The van der Waals surface area contributed by atoms with Gasteiger partial charge in [0.1, 0.15) is 0 Å². The summed E-state index contributed by atoms with van der Waals surface area (Å²) in [4.78, 5) is 11.4. The molecule has 0 saturated carbocycles. The average molecular weight is 204 g/mol. The van der Waals surface area contributed by atoms with E-state index < -0.39 is 0 Å². The molecule has 0 unspecified atom stereocenters. The lowest BCUT2D eigenvalue weighted by molar-refractivity contribution is -0.135. The number of rotatable bonds is 2. The molecular formula is C13H16O2. The first-order valence-electron chi connectivity index (χ1n) is 4.89. The Morgan fingerprint density at radius 1 is 1.20 bits per heavy atom. The zero-order valence-corrected chi connectivity index (χ0v) is 9.63. The highest BCUT2D eigenvalue weighted by Crippen LogP contribution is 2.21. The number of hydrogen-bond acceptors (Lipinski definition) is 2. The van der Waals surface area contributed by atoms with Crippen LogP contribution in [-0.4, -0.2) is 13.1 Å². The summed E-state index contributed by atoms with van der Waals surface area (Å²) in [5, 5.41) is 0. The summed E-state index contributed by atoms with van der Waals surface area (Å²) >= 11 is 0. The molecule has 0 amide bonds. The zero-order valence-electron chi connectivity index (χ0n) is 9.63. The summed E-state index contributed by atoms with van der Waals surface area (Å²) in [6, 6.07) is 8.00. The largest absolute Gasteiger partial charge is 0.466 e. The first-order valence-corrected chi connectivity index (χ1v) is 4.89. The number of hydrogen-bond donors (Lipinski definition) is 0. The Kier molecular flexibility index (Phi) is 3.67. The van der Waals surface area contributed by atoms with E-state index in [4.69, 9.17) is 4.74 Å². The van der Waals surface area contributed by atoms with Gasteiger partial charge in [-0.15, -0.1) is 0 Å². The molecule has 0 aliphatic rings. The number of carbonyl (C=O) groups excluding carboxylic acids is 1. The fourth-order valence-electron chi connectivity index (χ4n) is 1.50. The lowest BCUT2D eigenvalue weighted by Crippen LogP contribution is -2.04. The third-order valence-corrected chi connectivity index (χ3v) is 2.60. The standard InChI is InChI=1S/C13H16O2/c1-9-7-5-6-8-12(9)10(2)11(3)13(14)15-4/h5-8H,1-4H3/b11-10+. The molecule has 0 radical (unpaired) electrons. The van der Waals surface area contributed by atoms with E-state index in [1.54, 1.807) is 6.92 Å². The highest BCUT2D eigenvalue weighted by molar-refractivity contribution is 5.96. The molecular weight excluding hydrogens is 188 g/mol. The van der Waals surface area contributed by atoms with Gasteiger partial charge in [-0.1, -0.05) is 24.3 Å². The van der Waals surface area contributed by atoms with E-state index in [2.05, 4.69) is 0 Å². The average Bonchev–Trinajstić information content (AvgIpc) is 2.26. The summed E-state index contributed by atoms with van der Waals surface area (Å²) in [5.74, 6) is -0.268. The Hall–Kier alpha value is -1.57. The molecule has 0 heterocycles. The summed E-state index contributed by atoms with van der Waals surface area (Å²) in [7, 11) is 1.40. The minimum absolute atomic E-state index is 0.268. The van der Waals surface area contributed by atoms with Crippen LogP contribution >= 0.6 is 0 Å². The van der Waals surface area contributed by atoms with Gasteiger partial charge in [-0.3, -0.25) is 0 Å². The SMILES string of the molecule is COC(=O)/C(C)=C(\C)c1ccccc1C. The van der Waals surface area contributed by atoms with Crippen molar-refractivity contribution in [2.24, 2.45) is 0 Å². The van der Waals surface area contributed by atoms with E-state index in [1.807, 2.05) is 38.1 Å². The van der Waals surface area contributed by atoms with Gasteiger partial charge in [-0.05, 0) is 37.5 Å². The molecule has 1 aromatic carbocycles. The smallest absolute Gasteiger partial charge is 0.333 e. The van der Waals surface area contributed by atoms with Crippen LogP contribution in [0.3, 0.4) is 0 Å². The second kappa shape index (κ2) is 4.78. The fraction of sp³-hybridized carbons (Fsp3) is 0.308. The molecule has 2 heteroatoms. The van der Waals surface area contributed by atoms with Crippen LogP contribution in [0.1, 0.15) is 25.0 Å². The van der Waals surface area contributed by atoms with Crippen LogP contribution in [0.25, 0.3) is 5.57 Å². The Balaban J connectivity index is 3.19. The molecule has 0 aliphatic heterocycles. The van der Waals surface area contributed by atoms with E-state index in [0.29, 0.717) is 5.57 Å². The Bertz CT molecular complexity index is 403. The number of methoxy groups -OCH3 is 1. The van der Waals surface area contributed by atoms with Crippen molar-refractivity contribution < 1.29 is 9.53 Å². The molecule has 0 bridgehead atoms. The van der Waals surface area contributed by atoms with Crippen LogP contribution in [-0.2, 0) is 9.53 Å². The molecule has 0 saturated heterocycles. The maximum Gasteiger partial charge on any atom is 0.333 e. The summed E-state index contributed by atoms with van der Waals surface area (Å²) in [5.41, 5.74) is 3.89. The first kappa shape index (κ1) is 11.5. The highest BCUT2D eigenvalue weighted by atomic mass is 16.5. The predicted octanol–water partition coefficient (Wildman–Crippen LogP) is 2.96. The maximum absolute atomic E-state index is 11.4. The third kappa shape index (κ3) is 2.46. The van der Waals surface area contributed by atoms with Crippen molar-refractivity contribution in [1.82, 2.24) is 0 Å². The zero-order chi connectivity index (χ0) is 11.4. The molecule has 0 fully saturated rings. The normalized spacial score (nSPS) is 12.0. The van der Waals surface area contributed by atoms with Gasteiger partial charge in [0.2, 0.25) is 0 Å². The van der Waals surface area contributed by atoms with Crippen LogP contribution in [0, 0.1) is 6.92 Å². The molecule has 2 nitrogen and oxygen atoms in total. The highest BCUT2D eigenvalue weighted by Gasteiger charge is 2.10. The lowest BCUT2D eigenvalue weighted by atomic mass is 9.98. The van der Waals surface area contributed by atoms with Crippen molar-refractivity contribution in [3.8, 4) is 0 Å². The van der Waals surface area contributed by atoms with Crippen molar-refractivity contribution in [2.75, 3.05) is 7.11 Å². The van der Waals surface area contributed by atoms with E-state index in [1.165, 1.54) is 12.7 Å². The van der Waals surface area contributed by atoms with Gasteiger partial charge in [0, 0.05) is 5.57 Å². The molecule has 0 atom stereocenters. The van der Waals surface area contributed by atoms with E-state index in [-0.39, 0.29) is 5.97 Å². The van der Waals surface area contributed by atoms with Gasteiger partial charge >= 0.3 is 5.97 Å². The van der Waals surface area contributed by atoms with Gasteiger partial charge in [0.15, 0.2) is 0 Å². The summed E-state index contributed by atoms with van der Waals surface area (Å²) in [6.45, 7) is 5.76. The van der Waals surface area contributed by atoms with E-state index in [0.717, 1.165) is 11.1 Å². The monoisotopic (exact) mass is 204 g/mol. The second-order valence-corrected chi connectivity index (χ2v) is 3.56. The van der Waals surface area contributed by atoms with Crippen LogP contribution < -0.4 is 0 Å². The summed E-state index contributed by atoms with van der Waals surface area (Å²) < 4.78 is 4.70. The molecule has 15 heavy (non-hydrogen) atoms. The molecule has 1 aromatic rings. The lowest BCUT2D eigenvalue weighted by Gasteiger charge is -2.09. The quantitative estimate of drug-likeness (QED) is 0.547. The van der Waals surface area contributed by atoms with Crippen molar-refractivity contribution in [3.05, 3.63) is 41.0 Å². The second-order valence-electron chi connectivity index (χ2n) is 3.56. The maximum atomic E-state index is 11.4. The van der Waals surface area contributed by atoms with Crippen LogP contribution in [0.15, 0.2) is 29.8 Å². The predicted molar refractivity (Wildman–Crippen MR) is 61.5 cm³/mol. The van der Waals surface area contributed by atoms with E-state index >= 15 is 0 Å². The topological polar surface area (TPSA) is 26.3 Å². The van der Waals surface area contributed by atoms with Gasteiger partial charge in [0.05, 0.1) is 7.11 Å². The van der Waals surface area contributed by atoms with Crippen LogP contribution in [0.4, 0.5) is 0 Å². The molecule has 0 aliphatic carbocycles. The summed E-state index contributed by atoms with van der Waals surface area (Å²) in [6.07, 6.45) is 0. The van der Waals surface area contributed by atoms with E-state index in [9.17, 15) is 4.79 Å². The van der Waals surface area contributed by atoms with Gasteiger partial charge in [-0.25, -0.2) is 4.79 Å². The van der Waals surface area contributed by atoms with Crippen molar-refractivity contribution >= 4 is 11.5 Å². The van der Waals surface area contributed by atoms with Gasteiger partial charge < -0.3 is 4.74 Å². The molecule has 0 spiro atoms. The van der Waals surface area contributed by atoms with Crippen LogP contribution in [0.2, 0.25) is 0 Å². The minimum Gasteiger partial charge on any atom is -0.466 e. The first-order chi connectivity index (χ1) is 7.07. The molecule has 0 N–H and O–H groups in total. The number of aryl methyl sites for hydroxylation is 1. The molecule has 0 aromatic heterocycles. The Labute approximate surface area is 90.6 Å². The van der Waals surface area contributed by atoms with Gasteiger partial charge in [0.25, 0.3) is 0 Å². The number of allylic oxidation sites excluding steroid dienone is 1. The molecule has 80 valence electrons. The Morgan fingerprint density at radius 2 is 1.80 bits per heavy atom. The van der Waals surface area contributed by atoms with Crippen LogP contribution in [0.5, 0.6) is 0 Å². The number of ether oxygens (including phenoxy) is 1. The number of benzene rings is 1. The number of esters is 1. The Morgan fingerprint density at radius 3 is 2.33 bits per heavy atom. The number of carbonyl (C=O) groups is 1. The molecule has 1 rings (SSSR count). The van der Waals surface area contributed by atoms with Crippen molar-refractivity contribution in [1.29, 1.82) is 0 Å². The van der Waals surface area contributed by atoms with Gasteiger partial charge in [-0.2, -0.15) is 0 Å².